The molecule has 1 aliphatic rings. The van der Waals surface area contributed by atoms with Crippen LogP contribution in [-0.2, 0) is 4.79 Å². The Balaban J connectivity index is 2.81. The minimum absolute atomic E-state index is 0.325. The van der Waals surface area contributed by atoms with Gasteiger partial charge in [-0.15, -0.1) is 0 Å². The van der Waals surface area contributed by atoms with Gasteiger partial charge in [0.05, 0.1) is 0 Å². The Morgan fingerprint density at radius 2 is 1.71 bits per heavy atom. The normalized spacial score (nSPS) is 34.2. The van der Waals surface area contributed by atoms with Gasteiger partial charge in [-0.1, -0.05) is 34.6 Å². The molecule has 1 heteroatoms. The summed E-state index contributed by atoms with van der Waals surface area (Å²) >= 11 is 0. The molecule has 1 aliphatic carbocycles. The molecular weight excluding hydrogens is 172 g/mol. The zero-order chi connectivity index (χ0) is 10.9. The molecule has 0 bridgehead atoms. The van der Waals surface area contributed by atoms with Gasteiger partial charge < -0.3 is 0 Å². The Bertz CT molecular complexity index is 205. The number of carbonyl (C=O) groups is 1. The van der Waals surface area contributed by atoms with Gasteiger partial charge in [0.15, 0.2) is 0 Å². The minimum Gasteiger partial charge on any atom is -0.299 e. The molecule has 0 N–H and O–H groups in total. The monoisotopic (exact) mass is 196 g/mol. The second-order valence-corrected chi connectivity index (χ2v) is 5.69. The van der Waals surface area contributed by atoms with Crippen molar-refractivity contribution in [3.05, 3.63) is 0 Å². The van der Waals surface area contributed by atoms with E-state index in [4.69, 9.17) is 0 Å². The summed E-state index contributed by atoms with van der Waals surface area (Å²) in [6.45, 7) is 11.1. The summed E-state index contributed by atoms with van der Waals surface area (Å²) in [4.78, 5) is 12.0. The van der Waals surface area contributed by atoms with Crippen LogP contribution in [0.3, 0.4) is 0 Å². The van der Waals surface area contributed by atoms with Crippen molar-refractivity contribution in [2.75, 3.05) is 0 Å². The molecule has 1 saturated carbocycles. The SMILES string of the molecule is CC1CC(=O)C(C(C)C)C(C(C)C)C1. The molecular formula is C13H24O. The summed E-state index contributed by atoms with van der Waals surface area (Å²) in [5.41, 5.74) is 0. The molecule has 1 nitrogen and oxygen atoms in total. The summed E-state index contributed by atoms with van der Waals surface area (Å²) in [6, 6.07) is 0. The highest BCUT2D eigenvalue weighted by molar-refractivity contribution is 5.82. The van der Waals surface area contributed by atoms with Gasteiger partial charge in [-0.3, -0.25) is 4.79 Å². The average Bonchev–Trinajstić information content (AvgIpc) is 2.01. The first-order valence-corrected chi connectivity index (χ1v) is 5.96. The molecule has 0 radical (unpaired) electrons. The van der Waals surface area contributed by atoms with Crippen molar-refractivity contribution >= 4 is 5.78 Å². The molecule has 0 aromatic rings. The van der Waals surface area contributed by atoms with Crippen LogP contribution >= 0.6 is 0 Å². The quantitative estimate of drug-likeness (QED) is 0.660. The van der Waals surface area contributed by atoms with E-state index in [0.717, 1.165) is 6.42 Å². The topological polar surface area (TPSA) is 17.1 Å². The molecule has 0 spiro atoms. The highest BCUT2D eigenvalue weighted by Gasteiger charge is 2.37. The molecule has 0 aromatic heterocycles. The third-order valence-corrected chi connectivity index (χ3v) is 3.63. The van der Waals surface area contributed by atoms with Gasteiger partial charge in [0.2, 0.25) is 0 Å². The van der Waals surface area contributed by atoms with Gasteiger partial charge in [-0.05, 0) is 30.1 Å². The van der Waals surface area contributed by atoms with E-state index in [1.165, 1.54) is 6.42 Å². The molecule has 1 fully saturated rings. The average molecular weight is 196 g/mol. The Labute approximate surface area is 88.3 Å². The molecule has 3 atom stereocenters. The Kier molecular flexibility index (Phi) is 3.74. The summed E-state index contributed by atoms with van der Waals surface area (Å²) in [5.74, 6) is 3.22. The predicted octanol–water partition coefficient (Wildman–Crippen LogP) is 3.53. The van der Waals surface area contributed by atoms with Gasteiger partial charge >= 0.3 is 0 Å². The Morgan fingerprint density at radius 1 is 1.14 bits per heavy atom. The summed E-state index contributed by atoms with van der Waals surface area (Å²) in [7, 11) is 0. The summed E-state index contributed by atoms with van der Waals surface area (Å²) in [6.07, 6.45) is 2.05. The first kappa shape index (κ1) is 11.7. The predicted molar refractivity (Wildman–Crippen MR) is 60.1 cm³/mol. The zero-order valence-electron chi connectivity index (χ0n) is 10.2. The maximum atomic E-state index is 12.0. The van der Waals surface area contributed by atoms with Crippen LogP contribution in [0.25, 0.3) is 0 Å². The number of carbonyl (C=O) groups excluding carboxylic acids is 1. The van der Waals surface area contributed by atoms with Gasteiger partial charge in [0, 0.05) is 12.3 Å². The van der Waals surface area contributed by atoms with Gasteiger partial charge in [-0.25, -0.2) is 0 Å². The molecule has 3 unspecified atom stereocenters. The van der Waals surface area contributed by atoms with Crippen LogP contribution < -0.4 is 0 Å². The molecule has 0 aliphatic heterocycles. The molecule has 0 heterocycles. The summed E-state index contributed by atoms with van der Waals surface area (Å²) in [5, 5.41) is 0. The number of Topliss-reactive ketones (excluding diaryl/α,β-unsaturated/α-hetero) is 1. The molecule has 0 aromatic carbocycles. The number of hydrogen-bond acceptors (Lipinski definition) is 1. The maximum absolute atomic E-state index is 12.0. The van der Waals surface area contributed by atoms with E-state index >= 15 is 0 Å². The fourth-order valence-electron chi connectivity index (χ4n) is 2.97. The van der Waals surface area contributed by atoms with Crippen molar-refractivity contribution in [1.82, 2.24) is 0 Å². The van der Waals surface area contributed by atoms with Crippen molar-refractivity contribution in [1.29, 1.82) is 0 Å². The first-order chi connectivity index (χ1) is 6.43. The van der Waals surface area contributed by atoms with Crippen molar-refractivity contribution in [3.63, 3.8) is 0 Å². The van der Waals surface area contributed by atoms with E-state index in [-0.39, 0.29) is 0 Å². The number of hydrogen-bond donors (Lipinski definition) is 0. The second kappa shape index (κ2) is 4.46. The van der Waals surface area contributed by atoms with Crippen molar-refractivity contribution in [2.24, 2.45) is 29.6 Å². The standard InChI is InChI=1S/C13H24O/c1-8(2)11-6-10(5)7-12(14)13(11)9(3)4/h8-11,13H,6-7H2,1-5H3. The highest BCUT2D eigenvalue weighted by Crippen LogP contribution is 2.39. The minimum atomic E-state index is 0.325. The third kappa shape index (κ3) is 2.37. The molecule has 0 saturated heterocycles. The third-order valence-electron chi connectivity index (χ3n) is 3.63. The van der Waals surface area contributed by atoms with Crippen molar-refractivity contribution < 1.29 is 4.79 Å². The largest absolute Gasteiger partial charge is 0.299 e. The molecule has 82 valence electrons. The van der Waals surface area contributed by atoms with E-state index < -0.39 is 0 Å². The van der Waals surface area contributed by atoms with E-state index in [1.807, 2.05) is 0 Å². The van der Waals surface area contributed by atoms with Crippen molar-refractivity contribution in [3.8, 4) is 0 Å². The fourth-order valence-corrected chi connectivity index (χ4v) is 2.97. The fraction of sp³-hybridized carbons (Fsp3) is 0.923. The Morgan fingerprint density at radius 3 is 2.14 bits per heavy atom. The van der Waals surface area contributed by atoms with E-state index in [1.54, 1.807) is 0 Å². The van der Waals surface area contributed by atoms with Crippen LogP contribution in [0.2, 0.25) is 0 Å². The van der Waals surface area contributed by atoms with Crippen molar-refractivity contribution in [2.45, 2.75) is 47.5 Å². The van der Waals surface area contributed by atoms with Crippen LogP contribution in [0.4, 0.5) is 0 Å². The van der Waals surface area contributed by atoms with Crippen LogP contribution in [-0.4, -0.2) is 5.78 Å². The van der Waals surface area contributed by atoms with Crippen LogP contribution in [0.5, 0.6) is 0 Å². The van der Waals surface area contributed by atoms with Gasteiger partial charge in [-0.2, -0.15) is 0 Å². The number of rotatable bonds is 2. The van der Waals surface area contributed by atoms with Crippen LogP contribution in [0.15, 0.2) is 0 Å². The Hall–Kier alpha value is -0.330. The van der Waals surface area contributed by atoms with Crippen LogP contribution in [0.1, 0.15) is 47.5 Å². The second-order valence-electron chi connectivity index (χ2n) is 5.69. The lowest BCUT2D eigenvalue weighted by Crippen LogP contribution is -2.38. The lowest BCUT2D eigenvalue weighted by Gasteiger charge is -2.38. The smallest absolute Gasteiger partial charge is 0.136 e. The van der Waals surface area contributed by atoms with E-state index in [9.17, 15) is 4.79 Å². The lowest BCUT2D eigenvalue weighted by atomic mass is 9.65. The highest BCUT2D eigenvalue weighted by atomic mass is 16.1. The van der Waals surface area contributed by atoms with E-state index in [2.05, 4.69) is 34.6 Å². The number of ketones is 1. The summed E-state index contributed by atoms with van der Waals surface area (Å²) < 4.78 is 0. The van der Waals surface area contributed by atoms with Gasteiger partial charge in [0.1, 0.15) is 5.78 Å². The zero-order valence-corrected chi connectivity index (χ0v) is 10.2. The lowest BCUT2D eigenvalue weighted by molar-refractivity contribution is -0.131. The van der Waals surface area contributed by atoms with Gasteiger partial charge in [0.25, 0.3) is 0 Å². The molecule has 1 rings (SSSR count). The molecule has 14 heavy (non-hydrogen) atoms. The molecule has 0 amide bonds. The first-order valence-electron chi connectivity index (χ1n) is 5.96. The maximum Gasteiger partial charge on any atom is 0.136 e. The van der Waals surface area contributed by atoms with E-state index in [0.29, 0.717) is 35.4 Å². The van der Waals surface area contributed by atoms with Crippen LogP contribution in [0, 0.1) is 29.6 Å².